The number of ether oxygens (including phenoxy) is 4. The van der Waals surface area contributed by atoms with Gasteiger partial charge in [0.2, 0.25) is 5.91 Å². The SMILES string of the molecule is COc1cc(/C=N/NC(=O)CC2(C)OCCO2)cc(Br)c1OCc1ccccc1. The molecule has 2 aromatic rings. The van der Waals surface area contributed by atoms with E-state index in [2.05, 4.69) is 26.5 Å². The molecule has 2 aromatic carbocycles. The predicted octanol–water partition coefficient (Wildman–Crippen LogP) is 3.64. The van der Waals surface area contributed by atoms with Crippen molar-refractivity contribution in [3.05, 3.63) is 58.1 Å². The van der Waals surface area contributed by atoms with Crippen molar-refractivity contribution in [2.75, 3.05) is 20.3 Å². The standard InChI is InChI=1S/C21H23BrN2O5/c1-21(28-8-9-29-21)12-19(25)24-23-13-16-10-17(22)20(18(11-16)26-2)27-14-15-6-4-3-5-7-15/h3-7,10-11,13H,8-9,12,14H2,1-2H3,(H,24,25)/b23-13+. The second kappa shape index (κ2) is 9.87. The number of hydrogen-bond donors (Lipinski definition) is 1. The summed E-state index contributed by atoms with van der Waals surface area (Å²) in [6.45, 7) is 3.13. The Hall–Kier alpha value is -2.42. The fourth-order valence-corrected chi connectivity index (χ4v) is 3.43. The number of hydrogen-bond acceptors (Lipinski definition) is 6. The molecular weight excluding hydrogens is 440 g/mol. The van der Waals surface area contributed by atoms with Crippen LogP contribution in [0.15, 0.2) is 52.0 Å². The van der Waals surface area contributed by atoms with E-state index in [1.165, 1.54) is 6.21 Å². The molecule has 3 rings (SSSR count). The summed E-state index contributed by atoms with van der Waals surface area (Å²) in [4.78, 5) is 12.0. The van der Waals surface area contributed by atoms with Crippen molar-refractivity contribution in [1.29, 1.82) is 0 Å². The van der Waals surface area contributed by atoms with Crippen LogP contribution in [0, 0.1) is 0 Å². The summed E-state index contributed by atoms with van der Waals surface area (Å²) in [5.41, 5.74) is 4.28. The third-order valence-electron chi connectivity index (χ3n) is 4.26. The van der Waals surface area contributed by atoms with Crippen LogP contribution in [0.3, 0.4) is 0 Å². The first kappa shape index (κ1) is 21.3. The number of nitrogens with zero attached hydrogens (tertiary/aromatic N) is 1. The predicted molar refractivity (Wildman–Crippen MR) is 112 cm³/mol. The molecule has 1 fully saturated rings. The van der Waals surface area contributed by atoms with Crippen LogP contribution in [0.1, 0.15) is 24.5 Å². The maximum atomic E-state index is 12.0. The van der Waals surface area contributed by atoms with Crippen LogP contribution < -0.4 is 14.9 Å². The summed E-state index contributed by atoms with van der Waals surface area (Å²) in [5, 5.41) is 4.00. The summed E-state index contributed by atoms with van der Waals surface area (Å²) >= 11 is 3.51. The molecular formula is C21H23BrN2O5. The summed E-state index contributed by atoms with van der Waals surface area (Å²) in [5.74, 6) is -0.0207. The molecule has 0 saturated carbocycles. The molecule has 1 saturated heterocycles. The van der Waals surface area contributed by atoms with Crippen molar-refractivity contribution in [2.45, 2.75) is 25.7 Å². The molecule has 154 valence electrons. The van der Waals surface area contributed by atoms with Crippen molar-refractivity contribution in [3.63, 3.8) is 0 Å². The second-order valence-corrected chi connectivity index (χ2v) is 7.46. The zero-order valence-electron chi connectivity index (χ0n) is 16.3. The van der Waals surface area contributed by atoms with Crippen LogP contribution in [-0.2, 0) is 20.9 Å². The molecule has 0 spiro atoms. The minimum absolute atomic E-state index is 0.0730. The number of rotatable bonds is 8. The van der Waals surface area contributed by atoms with Crippen molar-refractivity contribution >= 4 is 28.1 Å². The maximum absolute atomic E-state index is 12.0. The molecule has 29 heavy (non-hydrogen) atoms. The fourth-order valence-electron chi connectivity index (χ4n) is 2.85. The highest BCUT2D eigenvalue weighted by atomic mass is 79.9. The van der Waals surface area contributed by atoms with Crippen LogP contribution in [0.25, 0.3) is 0 Å². The Balaban J connectivity index is 1.61. The molecule has 1 N–H and O–H groups in total. The van der Waals surface area contributed by atoms with Crippen molar-refractivity contribution < 1.29 is 23.7 Å². The highest BCUT2D eigenvalue weighted by Gasteiger charge is 2.33. The van der Waals surface area contributed by atoms with E-state index in [0.29, 0.717) is 31.3 Å². The maximum Gasteiger partial charge on any atom is 0.245 e. The smallest absolute Gasteiger partial charge is 0.245 e. The zero-order valence-corrected chi connectivity index (χ0v) is 17.9. The molecule has 0 aliphatic carbocycles. The Morgan fingerprint density at radius 2 is 2.00 bits per heavy atom. The van der Waals surface area contributed by atoms with E-state index in [9.17, 15) is 4.79 Å². The summed E-state index contributed by atoms with van der Waals surface area (Å²) in [6.07, 6.45) is 1.61. The van der Waals surface area contributed by atoms with Crippen molar-refractivity contribution in [2.24, 2.45) is 5.10 Å². The normalized spacial score (nSPS) is 15.4. The van der Waals surface area contributed by atoms with Gasteiger partial charge in [0.1, 0.15) is 6.61 Å². The summed E-state index contributed by atoms with van der Waals surface area (Å²) in [6, 6.07) is 13.5. The minimum atomic E-state index is -0.885. The first-order valence-corrected chi connectivity index (χ1v) is 9.92. The number of methoxy groups -OCH3 is 1. The molecule has 1 amide bonds. The average molecular weight is 463 g/mol. The van der Waals surface area contributed by atoms with Gasteiger partial charge in [-0.3, -0.25) is 4.79 Å². The second-order valence-electron chi connectivity index (χ2n) is 6.61. The van der Waals surface area contributed by atoms with Gasteiger partial charge in [0, 0.05) is 0 Å². The molecule has 1 aliphatic rings. The van der Waals surface area contributed by atoms with E-state index in [4.69, 9.17) is 18.9 Å². The van der Waals surface area contributed by atoms with Gasteiger partial charge in [-0.15, -0.1) is 0 Å². The lowest BCUT2D eigenvalue weighted by Crippen LogP contribution is -2.33. The minimum Gasteiger partial charge on any atom is -0.493 e. The van der Waals surface area contributed by atoms with Gasteiger partial charge in [0.05, 0.1) is 37.4 Å². The Labute approximate surface area is 178 Å². The average Bonchev–Trinajstić information content (AvgIpc) is 3.13. The Bertz CT molecular complexity index is 867. The van der Waals surface area contributed by atoms with Gasteiger partial charge in [-0.25, -0.2) is 5.43 Å². The zero-order chi connectivity index (χ0) is 20.7. The van der Waals surface area contributed by atoms with E-state index >= 15 is 0 Å². The first-order valence-electron chi connectivity index (χ1n) is 9.13. The largest absolute Gasteiger partial charge is 0.493 e. The molecule has 7 nitrogen and oxygen atoms in total. The van der Waals surface area contributed by atoms with Crippen LogP contribution >= 0.6 is 15.9 Å². The molecule has 0 radical (unpaired) electrons. The lowest BCUT2D eigenvalue weighted by atomic mass is 10.2. The highest BCUT2D eigenvalue weighted by molar-refractivity contribution is 9.10. The van der Waals surface area contributed by atoms with Crippen LogP contribution in [0.2, 0.25) is 0 Å². The lowest BCUT2D eigenvalue weighted by Gasteiger charge is -2.20. The van der Waals surface area contributed by atoms with Crippen molar-refractivity contribution in [1.82, 2.24) is 5.43 Å². The van der Waals surface area contributed by atoms with Gasteiger partial charge >= 0.3 is 0 Å². The van der Waals surface area contributed by atoms with Gasteiger partial charge in [0.25, 0.3) is 0 Å². The molecule has 0 bridgehead atoms. The Kier molecular flexibility index (Phi) is 7.24. The van der Waals surface area contributed by atoms with Gasteiger partial charge in [-0.1, -0.05) is 30.3 Å². The van der Waals surface area contributed by atoms with Gasteiger partial charge in [-0.2, -0.15) is 5.10 Å². The van der Waals surface area contributed by atoms with Crippen LogP contribution in [-0.4, -0.2) is 38.2 Å². The topological polar surface area (TPSA) is 78.4 Å². The first-order chi connectivity index (χ1) is 14.0. The highest BCUT2D eigenvalue weighted by Crippen LogP contribution is 2.36. The molecule has 0 unspecified atom stereocenters. The van der Waals surface area contributed by atoms with Crippen molar-refractivity contribution in [3.8, 4) is 11.5 Å². The molecule has 1 aliphatic heterocycles. The van der Waals surface area contributed by atoms with Gasteiger partial charge in [0.15, 0.2) is 17.3 Å². The third kappa shape index (κ3) is 6.03. The molecule has 0 atom stereocenters. The number of hydrazone groups is 1. The van der Waals surface area contributed by atoms with Gasteiger partial charge < -0.3 is 18.9 Å². The third-order valence-corrected chi connectivity index (χ3v) is 4.85. The van der Waals surface area contributed by atoms with Crippen LogP contribution in [0.5, 0.6) is 11.5 Å². The van der Waals surface area contributed by atoms with E-state index in [0.717, 1.165) is 15.6 Å². The molecule has 0 aromatic heterocycles. The van der Waals surface area contributed by atoms with Gasteiger partial charge in [-0.05, 0) is 46.1 Å². The number of carbonyl (C=O) groups excluding carboxylic acids is 1. The number of halogens is 1. The van der Waals surface area contributed by atoms with E-state index in [1.54, 1.807) is 20.1 Å². The number of amides is 1. The summed E-state index contributed by atoms with van der Waals surface area (Å²) < 4.78 is 22.9. The van der Waals surface area contributed by atoms with E-state index < -0.39 is 5.79 Å². The number of nitrogens with one attached hydrogen (secondary N) is 1. The van der Waals surface area contributed by atoms with Crippen LogP contribution in [0.4, 0.5) is 0 Å². The Morgan fingerprint density at radius 3 is 2.69 bits per heavy atom. The van der Waals surface area contributed by atoms with E-state index in [-0.39, 0.29) is 12.3 Å². The molecule has 8 heteroatoms. The van der Waals surface area contributed by atoms with E-state index in [1.807, 2.05) is 36.4 Å². The lowest BCUT2D eigenvalue weighted by molar-refractivity contribution is -0.159. The quantitative estimate of drug-likeness (QED) is 0.478. The number of carbonyl (C=O) groups is 1. The monoisotopic (exact) mass is 462 g/mol. The Morgan fingerprint density at radius 1 is 1.28 bits per heavy atom. The summed E-state index contributed by atoms with van der Waals surface area (Å²) in [7, 11) is 1.57. The fraction of sp³-hybridized carbons (Fsp3) is 0.333. The molecule has 1 heterocycles. The number of benzene rings is 2.